The first kappa shape index (κ1) is 36.9. The number of hydrogen-bond donors (Lipinski definition) is 2. The molecule has 0 heterocycles. The van der Waals surface area contributed by atoms with Crippen molar-refractivity contribution in [3.63, 3.8) is 0 Å². The Balaban J connectivity index is 3.17. The van der Waals surface area contributed by atoms with Gasteiger partial charge in [0.2, 0.25) is 5.91 Å². The topological polar surface area (TPSA) is 58.2 Å². The lowest BCUT2D eigenvalue weighted by Crippen LogP contribution is -2.74. The van der Waals surface area contributed by atoms with Crippen LogP contribution in [-0.4, -0.2) is 65.6 Å². The smallest absolute Gasteiger partial charge is 0.351 e. The SMILES string of the molecule is CCCCCCCC(=O)N[C@@H]1CCCC[C@H]1NC(=O)C(F)(F)C(F)(F)C(F)(F)C(F)(F)C(F)(F)C(F)(F)C(F)(F)F. The summed E-state index contributed by atoms with van der Waals surface area (Å²) in [5.74, 6) is -52.4. The summed E-state index contributed by atoms with van der Waals surface area (Å²) in [6, 6.07) is -2.91. The number of hydrogen-bond acceptors (Lipinski definition) is 2. The molecule has 2 N–H and O–H groups in total. The van der Waals surface area contributed by atoms with Crippen LogP contribution in [0.1, 0.15) is 71.1 Å². The minimum Gasteiger partial charge on any atom is -0.351 e. The summed E-state index contributed by atoms with van der Waals surface area (Å²) < 4.78 is 201. The molecule has 242 valence electrons. The van der Waals surface area contributed by atoms with Crippen LogP contribution < -0.4 is 10.6 Å². The van der Waals surface area contributed by atoms with Gasteiger partial charge in [-0.2, -0.15) is 65.9 Å². The highest BCUT2D eigenvalue weighted by Crippen LogP contribution is 2.62. The maximum absolute atomic E-state index is 14.2. The van der Waals surface area contributed by atoms with Crippen LogP contribution in [0.3, 0.4) is 0 Å². The van der Waals surface area contributed by atoms with Gasteiger partial charge in [0.1, 0.15) is 0 Å². The third kappa shape index (κ3) is 6.94. The normalized spacial score (nSPS) is 20.1. The molecule has 1 rings (SSSR count). The first-order valence-corrected chi connectivity index (χ1v) is 12.3. The zero-order chi connectivity index (χ0) is 32.3. The summed E-state index contributed by atoms with van der Waals surface area (Å²) in [5.41, 5.74) is 0. The van der Waals surface area contributed by atoms with Gasteiger partial charge in [-0.1, -0.05) is 45.4 Å². The summed E-state index contributed by atoms with van der Waals surface area (Å²) in [7, 11) is 0. The van der Waals surface area contributed by atoms with Crippen LogP contribution in [-0.2, 0) is 9.59 Å². The summed E-state index contributed by atoms with van der Waals surface area (Å²) in [4.78, 5) is 24.0. The predicted octanol–water partition coefficient (Wildman–Crippen LogP) is 7.26. The molecule has 1 aliphatic rings. The molecule has 19 heteroatoms. The van der Waals surface area contributed by atoms with Crippen LogP contribution in [0.2, 0.25) is 0 Å². The Bertz CT molecular complexity index is 906. The van der Waals surface area contributed by atoms with E-state index in [2.05, 4.69) is 5.32 Å². The number of halogens is 15. The number of carbonyl (C=O) groups is 2. The van der Waals surface area contributed by atoms with Crippen molar-refractivity contribution in [2.75, 3.05) is 0 Å². The van der Waals surface area contributed by atoms with Crippen LogP contribution in [0.25, 0.3) is 0 Å². The Morgan fingerprint density at radius 1 is 0.585 bits per heavy atom. The lowest BCUT2D eigenvalue weighted by molar-refractivity contribution is -0.449. The van der Waals surface area contributed by atoms with E-state index in [1.54, 1.807) is 0 Å². The Labute approximate surface area is 223 Å². The molecule has 0 spiro atoms. The van der Waals surface area contributed by atoms with Crippen LogP contribution >= 0.6 is 0 Å². The third-order valence-corrected chi connectivity index (χ3v) is 6.55. The van der Waals surface area contributed by atoms with Crippen molar-refractivity contribution >= 4 is 11.8 Å². The Kier molecular flexibility index (Phi) is 11.4. The van der Waals surface area contributed by atoms with E-state index in [-0.39, 0.29) is 25.7 Å². The van der Waals surface area contributed by atoms with Crippen molar-refractivity contribution in [3.05, 3.63) is 0 Å². The minimum atomic E-state index is -8.47. The Hall–Kier alpha value is -2.11. The summed E-state index contributed by atoms with van der Waals surface area (Å²) in [6.45, 7) is 1.93. The van der Waals surface area contributed by atoms with Crippen LogP contribution in [0.5, 0.6) is 0 Å². The van der Waals surface area contributed by atoms with E-state index in [4.69, 9.17) is 0 Å². The quantitative estimate of drug-likeness (QED) is 0.156. The summed E-state index contributed by atoms with van der Waals surface area (Å²) in [6.07, 6.45) is -4.18. The molecule has 1 aliphatic carbocycles. The number of alkyl halides is 15. The molecule has 4 nitrogen and oxygen atoms in total. The fourth-order valence-corrected chi connectivity index (χ4v) is 4.01. The highest BCUT2D eigenvalue weighted by molar-refractivity contribution is 5.85. The molecule has 1 fully saturated rings. The Morgan fingerprint density at radius 3 is 1.46 bits per heavy atom. The second kappa shape index (κ2) is 12.6. The van der Waals surface area contributed by atoms with Gasteiger partial charge in [-0.15, -0.1) is 0 Å². The fraction of sp³-hybridized carbons (Fsp3) is 0.909. The van der Waals surface area contributed by atoms with Gasteiger partial charge in [0, 0.05) is 18.5 Å². The zero-order valence-electron chi connectivity index (χ0n) is 21.2. The van der Waals surface area contributed by atoms with Gasteiger partial charge < -0.3 is 10.6 Å². The zero-order valence-corrected chi connectivity index (χ0v) is 21.2. The van der Waals surface area contributed by atoms with E-state index in [1.165, 1.54) is 0 Å². The van der Waals surface area contributed by atoms with E-state index in [9.17, 15) is 75.4 Å². The largest absolute Gasteiger partial charge is 0.460 e. The van der Waals surface area contributed by atoms with Crippen molar-refractivity contribution in [3.8, 4) is 0 Å². The van der Waals surface area contributed by atoms with Gasteiger partial charge >= 0.3 is 41.7 Å². The van der Waals surface area contributed by atoms with E-state index in [0.29, 0.717) is 19.3 Å². The van der Waals surface area contributed by atoms with Crippen LogP contribution in [0, 0.1) is 0 Å². The molecule has 0 saturated heterocycles. The number of nitrogens with one attached hydrogen (secondary N) is 2. The fourth-order valence-electron chi connectivity index (χ4n) is 4.01. The third-order valence-electron chi connectivity index (χ3n) is 6.55. The molecule has 0 aromatic carbocycles. The van der Waals surface area contributed by atoms with E-state index < -0.39 is 65.6 Å². The van der Waals surface area contributed by atoms with Gasteiger partial charge in [-0.3, -0.25) is 9.59 Å². The lowest BCUT2D eigenvalue weighted by atomic mass is 9.88. The van der Waals surface area contributed by atoms with Gasteiger partial charge in [0.15, 0.2) is 0 Å². The average Bonchev–Trinajstić information content (AvgIpc) is 2.83. The molecule has 0 unspecified atom stereocenters. The van der Waals surface area contributed by atoms with Gasteiger partial charge in [-0.25, -0.2) is 0 Å². The number of unbranched alkanes of at least 4 members (excludes halogenated alkanes) is 4. The van der Waals surface area contributed by atoms with Crippen LogP contribution in [0.4, 0.5) is 65.9 Å². The molecule has 0 bridgehead atoms. The molecule has 41 heavy (non-hydrogen) atoms. The Morgan fingerprint density at radius 2 is 1.00 bits per heavy atom. The first-order valence-electron chi connectivity index (χ1n) is 12.3. The van der Waals surface area contributed by atoms with Crippen molar-refractivity contribution in [1.29, 1.82) is 0 Å². The molecule has 2 atom stereocenters. The highest BCUT2D eigenvalue weighted by Gasteiger charge is 2.94. The van der Waals surface area contributed by atoms with Gasteiger partial charge in [0.05, 0.1) is 0 Å². The van der Waals surface area contributed by atoms with Gasteiger partial charge in [-0.05, 0) is 19.3 Å². The first-order chi connectivity index (χ1) is 18.3. The summed E-state index contributed by atoms with van der Waals surface area (Å²) >= 11 is 0. The number of rotatable bonds is 14. The van der Waals surface area contributed by atoms with Crippen molar-refractivity contribution in [2.45, 2.75) is 125 Å². The monoisotopic (exact) mass is 636 g/mol. The standard InChI is InChI=1S/C22H27F15N2O2/c1-2-3-4-5-6-11-14(40)38-12-9-7-8-10-13(12)39-15(41)16(23,24)17(25,26)18(27,28)19(29,30)20(31,32)21(33,34)22(35,36)37/h12-13H,2-11H2,1H3,(H,38,40)(H,39,41)/t12-,13-/m1/s1. The molecule has 0 aliphatic heterocycles. The molecule has 1 saturated carbocycles. The van der Waals surface area contributed by atoms with E-state index in [1.807, 2.05) is 6.92 Å². The minimum absolute atomic E-state index is 0.0541. The molecule has 0 radical (unpaired) electrons. The van der Waals surface area contributed by atoms with Crippen molar-refractivity contribution < 1.29 is 75.4 Å². The molecule has 2 amide bonds. The maximum Gasteiger partial charge on any atom is 0.460 e. The predicted molar refractivity (Wildman–Crippen MR) is 111 cm³/mol. The molecular weight excluding hydrogens is 609 g/mol. The maximum atomic E-state index is 14.2. The number of amides is 2. The second-order valence-electron chi connectivity index (χ2n) is 9.65. The van der Waals surface area contributed by atoms with Gasteiger partial charge in [0.25, 0.3) is 5.91 Å². The lowest BCUT2D eigenvalue weighted by Gasteiger charge is -2.41. The van der Waals surface area contributed by atoms with Crippen LogP contribution in [0.15, 0.2) is 0 Å². The van der Waals surface area contributed by atoms with Crippen molar-refractivity contribution in [1.82, 2.24) is 10.6 Å². The molecule has 0 aromatic heterocycles. The van der Waals surface area contributed by atoms with Crippen molar-refractivity contribution in [2.24, 2.45) is 0 Å². The highest BCUT2D eigenvalue weighted by atomic mass is 19.4. The van der Waals surface area contributed by atoms with E-state index in [0.717, 1.165) is 24.6 Å². The molecular formula is C22H27F15N2O2. The average molecular weight is 636 g/mol. The summed E-state index contributed by atoms with van der Waals surface area (Å²) in [5, 5.41) is 3.46. The second-order valence-corrected chi connectivity index (χ2v) is 9.65. The number of carbonyl (C=O) groups excluding carboxylic acids is 2. The molecule has 0 aromatic rings. The van der Waals surface area contributed by atoms with E-state index >= 15 is 0 Å².